The first-order valence-electron chi connectivity index (χ1n) is 48.6. The molecule has 0 saturated heterocycles. The third kappa shape index (κ3) is 20.3. The summed E-state index contributed by atoms with van der Waals surface area (Å²) in [6.07, 6.45) is 3.82. The number of nitrogens with zero attached hydrogens (tertiary/aromatic N) is 8. The first-order chi connectivity index (χ1) is 65.3. The van der Waals surface area contributed by atoms with Crippen molar-refractivity contribution in [3.63, 3.8) is 0 Å². The number of pyridine rings is 2. The quantitative estimate of drug-likeness (QED) is 0.0836. The van der Waals surface area contributed by atoms with Crippen molar-refractivity contribution in [1.29, 1.82) is 0 Å². The fourth-order valence-electron chi connectivity index (χ4n) is 19.7. The molecule has 720 valence electrons. The van der Waals surface area contributed by atoms with Gasteiger partial charge in [0, 0.05) is 155 Å². The van der Waals surface area contributed by atoms with Gasteiger partial charge in [0.2, 0.25) is 0 Å². The Morgan fingerprint density at radius 1 is 0.236 bits per heavy atom. The molecule has 2 aliphatic heterocycles. The Labute approximate surface area is 860 Å². The van der Waals surface area contributed by atoms with E-state index in [2.05, 4.69) is 537 Å². The van der Waals surface area contributed by atoms with E-state index in [4.69, 9.17) is 19.4 Å². The van der Waals surface area contributed by atoms with Crippen LogP contribution in [0.5, 0.6) is 23.0 Å². The van der Waals surface area contributed by atoms with E-state index in [9.17, 15) is 0 Å². The second-order valence-electron chi connectivity index (χ2n) is 45.6. The van der Waals surface area contributed by atoms with Gasteiger partial charge in [-0.15, -0.1) is 107 Å². The Morgan fingerprint density at radius 2 is 0.550 bits per heavy atom. The van der Waals surface area contributed by atoms with Gasteiger partial charge in [-0.1, -0.05) is 384 Å². The zero-order chi connectivity index (χ0) is 97.7. The number of hydrogen-bond acceptors (Lipinski definition) is 8. The Hall–Kier alpha value is -12.6. The van der Waals surface area contributed by atoms with Crippen LogP contribution in [0.25, 0.3) is 88.6 Å². The summed E-state index contributed by atoms with van der Waals surface area (Å²) in [4.78, 5) is 19.4. The van der Waals surface area contributed by atoms with Crippen LogP contribution in [0.15, 0.2) is 345 Å². The predicted octanol–water partition coefficient (Wildman–Crippen LogP) is 34.2. The largest absolute Gasteiger partial charge is 0.509 e. The number of para-hydroxylation sites is 2. The first kappa shape index (κ1) is 100. The van der Waals surface area contributed by atoms with E-state index in [0.717, 1.165) is 100 Å². The van der Waals surface area contributed by atoms with Crippen LogP contribution >= 0.6 is 0 Å². The number of ether oxygens (including phenoxy) is 2. The Bertz CT molecular complexity index is 7490. The fourth-order valence-corrected chi connectivity index (χ4v) is 19.7. The molecule has 10 nitrogen and oxygen atoms in total. The molecular formula is C128H130N8O2Pt2-6. The molecule has 0 amide bonds. The van der Waals surface area contributed by atoms with Gasteiger partial charge in [0.1, 0.15) is 11.6 Å². The summed E-state index contributed by atoms with van der Waals surface area (Å²) in [7, 11) is 0. The topological polar surface area (TPSA) is 67.1 Å². The van der Waals surface area contributed by atoms with Gasteiger partial charge in [-0.2, -0.15) is 12.1 Å². The number of allylic oxidation sites excluding steroid dienone is 4. The maximum absolute atomic E-state index is 6.99. The minimum Gasteiger partial charge on any atom is -0.509 e. The van der Waals surface area contributed by atoms with Gasteiger partial charge in [-0.25, -0.2) is 9.97 Å². The van der Waals surface area contributed by atoms with Crippen LogP contribution in [0.4, 0.5) is 22.7 Å². The molecular weight excluding hydrogens is 2070 g/mol. The summed E-state index contributed by atoms with van der Waals surface area (Å²) in [5.41, 5.74) is 26.6. The molecule has 4 aromatic heterocycles. The summed E-state index contributed by atoms with van der Waals surface area (Å²) >= 11 is 0. The number of rotatable bonds is 17. The molecule has 19 rings (SSSR count). The molecule has 0 spiro atoms. The molecule has 13 aromatic carbocycles. The van der Waals surface area contributed by atoms with Gasteiger partial charge in [0.05, 0.1) is 0 Å². The van der Waals surface area contributed by atoms with Crippen molar-refractivity contribution in [1.82, 2.24) is 19.1 Å². The van der Waals surface area contributed by atoms with Crippen LogP contribution in [0.3, 0.4) is 0 Å². The van der Waals surface area contributed by atoms with Gasteiger partial charge >= 0.3 is 0 Å². The number of fused-ring (bicyclic) bond motifs is 6. The van der Waals surface area contributed by atoms with Crippen LogP contribution < -0.4 is 29.1 Å². The molecule has 0 unspecified atom stereocenters. The Kier molecular flexibility index (Phi) is 27.6. The van der Waals surface area contributed by atoms with Gasteiger partial charge in [0.25, 0.3) is 0 Å². The Balaban J connectivity index is 0.000000199. The van der Waals surface area contributed by atoms with E-state index in [-0.39, 0.29) is 90.9 Å². The second kappa shape index (κ2) is 38.4. The normalized spacial score (nSPS) is 13.8. The van der Waals surface area contributed by atoms with Crippen molar-refractivity contribution >= 4 is 66.4 Å². The molecule has 0 N–H and O–H groups in total. The average Bonchev–Trinajstić information content (AvgIpc) is 1.57. The number of hydrogen-bond donors (Lipinski definition) is 0. The van der Waals surface area contributed by atoms with Crippen LogP contribution in [0.2, 0.25) is 0 Å². The van der Waals surface area contributed by atoms with Crippen molar-refractivity contribution in [2.24, 2.45) is 21.7 Å². The van der Waals surface area contributed by atoms with Crippen LogP contribution in [0.1, 0.15) is 212 Å². The molecule has 140 heavy (non-hydrogen) atoms. The molecule has 0 atom stereocenters. The van der Waals surface area contributed by atoms with Gasteiger partial charge < -0.3 is 38.2 Å². The van der Waals surface area contributed by atoms with Gasteiger partial charge in [-0.3, -0.25) is 0 Å². The average molecular weight is 2200 g/mol. The standard InChI is InChI=1S/C65H63N4O.C63H67N4O.2Pt/c1-62(2,3)49-33-34-66-59(40-49)69-57-30-22-21-29-55(57)56-32-31-53(42-58(56)69)70-54-38-47(45-25-17-13-18-26-45)37-52(41-54)68-43-67(60(63(4,5)6)61(68)64(7,8)9)51-36-46(44-23-15-12-16-24-44)35-50(39-51)65(10,11)48-27-19-14-20-28-48;1-59(2,3)45-31-32-64-56(38-45)67-54-28-22-21-27-52(54)53-30-29-50(40-55(53)67)68-51-34-43(42-23-17-15-18-24-42)33-48(39-51)65-41-66(58(62(10,11)12)57(65)61(7,8)9)49-36-46(60(4,5)6)35-47(37-49)63(13,14)44-25-19-16-20-26-44;;/h12-40,43H,1-11H3;15-38,41H,1-14H3;;/q2*-3;;. The monoisotopic (exact) mass is 2200 g/mol. The zero-order valence-corrected chi connectivity index (χ0v) is 90.3. The van der Waals surface area contributed by atoms with E-state index in [1.807, 2.05) is 24.5 Å². The van der Waals surface area contributed by atoms with E-state index in [0.29, 0.717) is 23.0 Å². The summed E-state index contributed by atoms with van der Waals surface area (Å²) in [5.74, 6) is 4.09. The maximum Gasteiger partial charge on any atom is 0.135 e. The van der Waals surface area contributed by atoms with E-state index < -0.39 is 0 Å². The third-order valence-electron chi connectivity index (χ3n) is 27.1. The molecule has 2 aliphatic rings. The molecule has 6 heterocycles. The molecule has 12 heteroatoms. The number of aromatic nitrogens is 4. The minimum absolute atomic E-state index is 0. The maximum atomic E-state index is 6.99. The zero-order valence-electron chi connectivity index (χ0n) is 85.8. The van der Waals surface area contributed by atoms with Gasteiger partial charge in [0.15, 0.2) is 0 Å². The summed E-state index contributed by atoms with van der Waals surface area (Å²) < 4.78 is 18.4. The Morgan fingerprint density at radius 3 is 0.907 bits per heavy atom. The first-order valence-corrected chi connectivity index (χ1v) is 48.6. The SMILES string of the molecule is CC(C)(C)C1=C(C(C)(C)C)N(c2cc(-c3ccccc3)cc(C(C)(C)c3ccccc3)c2)[CH-]N1c1[c-]c(Oc2[c-]c3c(cc2)c2ccccc2n3-c2cc(C(C)(C)C)ccn2)cc(-c2ccccc2)c1.CC(C)(C)C1=C(C(C)(C)C)N(c2cc(C(C)(C)C)cc(C(C)(C)c3ccccc3)c2)[CH-]N1c1[c-]c(Oc2[c-]c3c(cc2)c2ccccc2n3-c2cc(C(C)(C)C)ccn2)cc(-c2ccccc2)c1.[Pt].[Pt]. The van der Waals surface area contributed by atoms with Crippen molar-refractivity contribution in [2.75, 3.05) is 19.6 Å². The molecule has 0 aliphatic carbocycles. The smallest absolute Gasteiger partial charge is 0.135 e. The van der Waals surface area contributed by atoms with Crippen LogP contribution in [0, 0.1) is 59.3 Å². The van der Waals surface area contributed by atoms with Crippen molar-refractivity contribution in [2.45, 2.75) is 200 Å². The summed E-state index contributed by atoms with van der Waals surface area (Å²) in [6, 6.07) is 126. The van der Waals surface area contributed by atoms with Crippen molar-refractivity contribution < 1.29 is 51.6 Å². The third-order valence-corrected chi connectivity index (χ3v) is 27.1. The van der Waals surface area contributed by atoms with Crippen LogP contribution in [-0.4, -0.2) is 19.1 Å². The fraction of sp³-hybridized carbons (Fsp3) is 0.266. The molecule has 0 saturated carbocycles. The van der Waals surface area contributed by atoms with Gasteiger partial charge in [-0.05, 0) is 149 Å². The summed E-state index contributed by atoms with van der Waals surface area (Å²) in [5, 5.41) is 4.45. The molecule has 0 radical (unpaired) electrons. The van der Waals surface area contributed by atoms with Crippen LogP contribution in [-0.2, 0) is 69.2 Å². The number of benzene rings is 13. The summed E-state index contributed by atoms with van der Waals surface area (Å²) in [6.45, 7) is 62.2. The van der Waals surface area contributed by atoms with E-state index in [1.165, 1.54) is 72.9 Å². The number of anilines is 4. The minimum atomic E-state index is -0.279. The van der Waals surface area contributed by atoms with E-state index in [1.54, 1.807) is 0 Å². The molecule has 0 fully saturated rings. The van der Waals surface area contributed by atoms with E-state index >= 15 is 0 Å². The molecule has 0 bridgehead atoms. The van der Waals surface area contributed by atoms with Crippen molar-refractivity contribution in [3.8, 4) is 68.0 Å². The predicted molar refractivity (Wildman–Crippen MR) is 578 cm³/mol. The second-order valence-corrected chi connectivity index (χ2v) is 45.6. The molecule has 17 aromatic rings. The van der Waals surface area contributed by atoms with Crippen molar-refractivity contribution in [3.05, 3.63) is 421 Å².